The molecule has 0 aliphatic rings. The maximum Gasteiger partial charge on any atom is 0.505 e. The van der Waals surface area contributed by atoms with Gasteiger partial charge >= 0.3 is 12.1 Å². The number of ether oxygens (including phenoxy) is 5. The normalized spacial score (nSPS) is 11.6. The van der Waals surface area contributed by atoms with Gasteiger partial charge in [-0.3, -0.25) is 19.1 Å². The van der Waals surface area contributed by atoms with E-state index in [2.05, 4.69) is 19.8 Å². The average Bonchev–Trinajstić information content (AvgIpc) is 3.23. The van der Waals surface area contributed by atoms with Gasteiger partial charge in [-0.05, 0) is 76.3 Å². The molecule has 0 saturated heterocycles. The standard InChI is InChI=1S/C47H75N3O12S/c1-47(2,3)62-44(52)26-18-16-14-12-10-8-6-4-5-7-9-11-13-15-17-22-39-23-19-25-42(36-39)63(56,57)50-43-28-27-40(37-49-43)45(53)48-29-33-59-34-35-60-38-41(51)24-20-30-58-31-21-32-61-46(54)55/h19,23,25,27-28,36-37H,4-18,20-22,24,26,29-35,38H2,1-3H3,(H,48,53)(H,49,50)(H,54,55). The number of aryl methyl sites for hydroxylation is 1. The monoisotopic (exact) mass is 906 g/mol. The number of sulfonamides is 1. The van der Waals surface area contributed by atoms with E-state index in [1.54, 1.807) is 18.2 Å². The molecule has 0 aliphatic heterocycles. The number of rotatable bonds is 38. The van der Waals surface area contributed by atoms with Gasteiger partial charge in [-0.25, -0.2) is 18.2 Å². The number of esters is 1. The smallest absolute Gasteiger partial charge is 0.460 e. The van der Waals surface area contributed by atoms with Gasteiger partial charge < -0.3 is 34.1 Å². The first kappa shape index (κ1) is 55.0. The van der Waals surface area contributed by atoms with Crippen molar-refractivity contribution in [3.8, 4) is 0 Å². The Morgan fingerprint density at radius 1 is 0.667 bits per heavy atom. The van der Waals surface area contributed by atoms with Crippen molar-refractivity contribution < 1.29 is 56.4 Å². The Kier molecular flexibility index (Phi) is 29.2. The highest BCUT2D eigenvalue weighted by Gasteiger charge is 2.17. The molecule has 0 atom stereocenters. The van der Waals surface area contributed by atoms with Gasteiger partial charge in [0.15, 0.2) is 5.78 Å². The zero-order chi connectivity index (χ0) is 46.0. The summed E-state index contributed by atoms with van der Waals surface area (Å²) >= 11 is 0. The molecule has 0 aliphatic carbocycles. The third kappa shape index (κ3) is 29.8. The van der Waals surface area contributed by atoms with Crippen LogP contribution in [0, 0.1) is 0 Å². The van der Waals surface area contributed by atoms with Gasteiger partial charge in [0.1, 0.15) is 18.0 Å². The van der Waals surface area contributed by atoms with Crippen LogP contribution in [-0.4, -0.2) is 101 Å². The van der Waals surface area contributed by atoms with Gasteiger partial charge in [0, 0.05) is 45.2 Å². The number of anilines is 1. The van der Waals surface area contributed by atoms with Crippen molar-refractivity contribution in [1.82, 2.24) is 10.3 Å². The van der Waals surface area contributed by atoms with Crippen LogP contribution < -0.4 is 10.0 Å². The second-order valence-electron chi connectivity index (χ2n) is 16.7. The summed E-state index contributed by atoms with van der Waals surface area (Å²) in [6, 6.07) is 9.92. The van der Waals surface area contributed by atoms with Crippen LogP contribution in [0.4, 0.5) is 10.6 Å². The summed E-state index contributed by atoms with van der Waals surface area (Å²) in [6.45, 7) is 7.42. The van der Waals surface area contributed by atoms with Gasteiger partial charge in [0.25, 0.3) is 15.9 Å². The van der Waals surface area contributed by atoms with Crippen LogP contribution in [0.15, 0.2) is 47.5 Å². The highest BCUT2D eigenvalue weighted by Crippen LogP contribution is 2.19. The number of amides is 1. The van der Waals surface area contributed by atoms with Crippen LogP contribution >= 0.6 is 0 Å². The van der Waals surface area contributed by atoms with E-state index in [0.29, 0.717) is 38.9 Å². The average molecular weight is 906 g/mol. The number of aromatic nitrogens is 1. The number of Topliss-reactive ketones (excluding diaryl/α,β-unsaturated/α-hetero) is 1. The summed E-state index contributed by atoms with van der Waals surface area (Å²) < 4.78 is 54.6. The maximum absolute atomic E-state index is 13.2. The highest BCUT2D eigenvalue weighted by molar-refractivity contribution is 7.92. The molecular formula is C47H75N3O12S. The number of hydrogen-bond donors (Lipinski definition) is 3. The van der Waals surface area contributed by atoms with Crippen LogP contribution in [0.2, 0.25) is 0 Å². The van der Waals surface area contributed by atoms with E-state index >= 15 is 0 Å². The fourth-order valence-corrected chi connectivity index (χ4v) is 7.63. The van der Waals surface area contributed by atoms with Gasteiger partial charge in [-0.15, -0.1) is 0 Å². The third-order valence-electron chi connectivity index (χ3n) is 9.81. The second kappa shape index (κ2) is 33.4. The van der Waals surface area contributed by atoms with Crippen LogP contribution in [0.5, 0.6) is 0 Å². The summed E-state index contributed by atoms with van der Waals surface area (Å²) in [7, 11) is -3.88. The molecule has 0 spiro atoms. The molecule has 1 aromatic heterocycles. The van der Waals surface area contributed by atoms with Crippen LogP contribution in [-0.2, 0) is 49.7 Å². The predicted octanol–water partition coefficient (Wildman–Crippen LogP) is 9.22. The second-order valence-corrected chi connectivity index (χ2v) is 18.4. The molecular weight excluding hydrogens is 831 g/mol. The summed E-state index contributed by atoms with van der Waals surface area (Å²) in [6.07, 6.45) is 20.6. The van der Waals surface area contributed by atoms with E-state index in [9.17, 15) is 27.6 Å². The molecule has 1 aromatic carbocycles. The van der Waals surface area contributed by atoms with E-state index in [4.69, 9.17) is 24.1 Å². The molecule has 0 radical (unpaired) electrons. The zero-order valence-electron chi connectivity index (χ0n) is 38.1. The van der Waals surface area contributed by atoms with Gasteiger partial charge in [-0.2, -0.15) is 0 Å². The van der Waals surface area contributed by atoms with Crippen molar-refractivity contribution in [3.63, 3.8) is 0 Å². The Labute approximate surface area is 376 Å². The van der Waals surface area contributed by atoms with E-state index in [1.807, 2.05) is 26.8 Å². The maximum atomic E-state index is 13.2. The first-order valence-electron chi connectivity index (χ1n) is 22.9. The van der Waals surface area contributed by atoms with E-state index in [-0.39, 0.29) is 73.5 Å². The number of carbonyl (C=O) groups is 4. The summed E-state index contributed by atoms with van der Waals surface area (Å²) in [5, 5.41) is 11.1. The Balaban J connectivity index is 1.48. The fraction of sp³-hybridized carbons (Fsp3) is 0.681. The Bertz CT molecular complexity index is 1680. The number of ketones is 1. The Hall–Kier alpha value is -4.12. The predicted molar refractivity (Wildman–Crippen MR) is 243 cm³/mol. The van der Waals surface area contributed by atoms with Crippen molar-refractivity contribution >= 4 is 39.7 Å². The molecule has 356 valence electrons. The lowest BCUT2D eigenvalue weighted by Gasteiger charge is -2.19. The van der Waals surface area contributed by atoms with Gasteiger partial charge in [-0.1, -0.05) is 95.6 Å². The van der Waals surface area contributed by atoms with Crippen molar-refractivity contribution in [2.75, 3.05) is 57.5 Å². The SMILES string of the molecule is CC(C)(C)OC(=O)CCCCCCCCCCCCCCCCCc1cccc(S(=O)(=O)Nc2ccc(C(=O)NCCOCCOCC(=O)CCCOCCCOC(=O)O)cn2)c1. The molecule has 0 fully saturated rings. The van der Waals surface area contributed by atoms with Crippen molar-refractivity contribution in [2.45, 2.75) is 160 Å². The first-order valence-corrected chi connectivity index (χ1v) is 24.4. The lowest BCUT2D eigenvalue weighted by molar-refractivity contribution is -0.154. The fourth-order valence-electron chi connectivity index (χ4n) is 6.55. The number of hydrogen-bond acceptors (Lipinski definition) is 12. The van der Waals surface area contributed by atoms with E-state index in [1.165, 1.54) is 89.0 Å². The molecule has 2 rings (SSSR count). The van der Waals surface area contributed by atoms with Crippen LogP contribution in [0.25, 0.3) is 0 Å². The third-order valence-corrected chi connectivity index (χ3v) is 11.2. The molecule has 0 bridgehead atoms. The van der Waals surface area contributed by atoms with Crippen molar-refractivity contribution in [1.29, 1.82) is 0 Å². The number of benzene rings is 1. The highest BCUT2D eigenvalue weighted by atomic mass is 32.2. The summed E-state index contributed by atoms with van der Waals surface area (Å²) in [4.78, 5) is 50.8. The summed E-state index contributed by atoms with van der Waals surface area (Å²) in [5.41, 5.74) is 0.842. The topological polar surface area (TPSA) is 206 Å². The number of nitrogens with one attached hydrogen (secondary N) is 2. The largest absolute Gasteiger partial charge is 0.505 e. The molecule has 1 heterocycles. The molecule has 2 aromatic rings. The first-order chi connectivity index (χ1) is 30.2. The van der Waals surface area contributed by atoms with Crippen molar-refractivity contribution in [2.24, 2.45) is 0 Å². The molecule has 15 nitrogen and oxygen atoms in total. The van der Waals surface area contributed by atoms with E-state index in [0.717, 1.165) is 37.7 Å². The number of nitrogens with zero attached hydrogens (tertiary/aromatic N) is 1. The van der Waals surface area contributed by atoms with Gasteiger partial charge in [0.05, 0.1) is 36.9 Å². The quantitative estimate of drug-likeness (QED) is 0.0425. The van der Waals surface area contributed by atoms with Crippen LogP contribution in [0.3, 0.4) is 0 Å². The minimum Gasteiger partial charge on any atom is -0.460 e. The minimum atomic E-state index is -3.88. The molecule has 0 unspecified atom stereocenters. The Morgan fingerprint density at radius 2 is 1.27 bits per heavy atom. The molecule has 0 saturated carbocycles. The van der Waals surface area contributed by atoms with E-state index < -0.39 is 21.8 Å². The number of carboxylic acid groups (broad SMARTS) is 1. The van der Waals surface area contributed by atoms with Crippen LogP contribution in [0.1, 0.15) is 159 Å². The number of unbranched alkanes of at least 4 members (excludes halogenated alkanes) is 14. The zero-order valence-corrected chi connectivity index (χ0v) is 39.0. The number of pyridine rings is 1. The lowest BCUT2D eigenvalue weighted by Crippen LogP contribution is -2.28. The molecule has 1 amide bonds. The molecule has 16 heteroatoms. The number of carbonyl (C=O) groups excluding carboxylic acids is 3. The van der Waals surface area contributed by atoms with Gasteiger partial charge in [0.2, 0.25) is 0 Å². The summed E-state index contributed by atoms with van der Waals surface area (Å²) in [5.74, 6) is -0.429. The van der Waals surface area contributed by atoms with Crippen molar-refractivity contribution in [3.05, 3.63) is 53.7 Å². The molecule has 63 heavy (non-hydrogen) atoms. The Morgan fingerprint density at radius 3 is 1.89 bits per heavy atom. The minimum absolute atomic E-state index is 0.0361. The molecule has 3 N–H and O–H groups in total. The lowest BCUT2D eigenvalue weighted by atomic mass is 10.0.